The molecule has 4 rings (SSSR count). The summed E-state index contributed by atoms with van der Waals surface area (Å²) in [4.78, 5) is 54.9. The number of aliphatic carboxylic acids is 1. The van der Waals surface area contributed by atoms with Crippen LogP contribution in [0.5, 0.6) is 5.75 Å². The Bertz CT molecular complexity index is 1590. The van der Waals surface area contributed by atoms with Gasteiger partial charge in [0.1, 0.15) is 23.9 Å². The highest BCUT2D eigenvalue weighted by Gasteiger charge is 2.30. The normalized spacial score (nSPS) is 13.8. The predicted octanol–water partition coefficient (Wildman–Crippen LogP) is 1.70. The second-order valence-corrected chi connectivity index (χ2v) is 10.8. The van der Waals surface area contributed by atoms with Crippen molar-refractivity contribution in [3.63, 3.8) is 0 Å². The lowest BCUT2D eigenvalue weighted by Crippen LogP contribution is -2.58. The SMILES string of the molecule is NC(Cc1ccc(O)cc1)C(=O)NC(Cc1ccccc1)C(=O)NC(CS)C(=O)NC(Cc1c[nH]c2ccccc12)C(=O)O. The lowest BCUT2D eigenvalue weighted by atomic mass is 10.0. The highest BCUT2D eigenvalue weighted by atomic mass is 32.1. The molecule has 4 atom stereocenters. The molecule has 230 valence electrons. The number of hydrogen-bond acceptors (Lipinski definition) is 7. The molecule has 0 bridgehead atoms. The van der Waals surface area contributed by atoms with Crippen LogP contribution in [0.1, 0.15) is 16.7 Å². The van der Waals surface area contributed by atoms with Gasteiger partial charge in [-0.15, -0.1) is 0 Å². The van der Waals surface area contributed by atoms with Crippen molar-refractivity contribution >= 4 is 47.2 Å². The molecule has 44 heavy (non-hydrogen) atoms. The minimum Gasteiger partial charge on any atom is -0.508 e. The first kappa shape index (κ1) is 32.1. The number of phenolic OH excluding ortho intramolecular Hbond substituents is 1. The van der Waals surface area contributed by atoms with Crippen molar-refractivity contribution in [1.82, 2.24) is 20.9 Å². The molecule has 1 aromatic heterocycles. The molecule has 11 nitrogen and oxygen atoms in total. The molecule has 0 aliphatic carbocycles. The van der Waals surface area contributed by atoms with Crippen molar-refractivity contribution in [2.75, 3.05) is 5.75 Å². The van der Waals surface area contributed by atoms with Crippen LogP contribution in [0.3, 0.4) is 0 Å². The highest BCUT2D eigenvalue weighted by molar-refractivity contribution is 7.80. The number of nitrogens with one attached hydrogen (secondary N) is 4. The Labute approximate surface area is 259 Å². The van der Waals surface area contributed by atoms with Gasteiger partial charge < -0.3 is 36.9 Å². The fourth-order valence-electron chi connectivity index (χ4n) is 4.78. The number of aromatic nitrogens is 1. The van der Waals surface area contributed by atoms with Crippen LogP contribution in [0.4, 0.5) is 0 Å². The van der Waals surface area contributed by atoms with Gasteiger partial charge in [0.2, 0.25) is 17.7 Å². The number of hydrogen-bond donors (Lipinski definition) is 8. The Morgan fingerprint density at radius 1 is 0.727 bits per heavy atom. The summed E-state index contributed by atoms with van der Waals surface area (Å²) in [5.41, 5.74) is 9.18. The largest absolute Gasteiger partial charge is 0.508 e. The summed E-state index contributed by atoms with van der Waals surface area (Å²) in [6.45, 7) is 0. The van der Waals surface area contributed by atoms with E-state index in [1.807, 2.05) is 30.3 Å². The van der Waals surface area contributed by atoms with Crippen molar-refractivity contribution in [3.05, 3.63) is 102 Å². The number of carboxylic acid groups (broad SMARTS) is 1. The van der Waals surface area contributed by atoms with Crippen molar-refractivity contribution in [2.24, 2.45) is 5.73 Å². The smallest absolute Gasteiger partial charge is 0.326 e. The maximum absolute atomic E-state index is 13.5. The number of amides is 3. The summed E-state index contributed by atoms with van der Waals surface area (Å²) in [5.74, 6) is -3.23. The molecule has 0 saturated carbocycles. The Hall–Kier alpha value is -4.81. The summed E-state index contributed by atoms with van der Waals surface area (Å²) in [6, 6.07) is 18.2. The molecular weight excluding hydrogens is 582 g/mol. The van der Waals surface area contributed by atoms with Crippen LogP contribution in [0.25, 0.3) is 10.9 Å². The third kappa shape index (κ3) is 8.62. The van der Waals surface area contributed by atoms with Crippen LogP contribution in [-0.4, -0.2) is 68.8 Å². The number of H-pyrrole nitrogens is 1. The van der Waals surface area contributed by atoms with Gasteiger partial charge in [0.25, 0.3) is 0 Å². The summed E-state index contributed by atoms with van der Waals surface area (Å²) < 4.78 is 0. The van der Waals surface area contributed by atoms with Crippen LogP contribution < -0.4 is 21.7 Å². The zero-order valence-electron chi connectivity index (χ0n) is 23.8. The number of carbonyl (C=O) groups excluding carboxylic acids is 3. The molecule has 4 unspecified atom stereocenters. The van der Waals surface area contributed by atoms with E-state index in [1.54, 1.807) is 42.6 Å². The number of fused-ring (bicyclic) bond motifs is 1. The van der Waals surface area contributed by atoms with Gasteiger partial charge in [0.05, 0.1) is 6.04 Å². The van der Waals surface area contributed by atoms with Crippen molar-refractivity contribution in [3.8, 4) is 5.75 Å². The maximum atomic E-state index is 13.5. The van der Waals surface area contributed by atoms with E-state index >= 15 is 0 Å². The third-order valence-corrected chi connectivity index (χ3v) is 7.54. The maximum Gasteiger partial charge on any atom is 0.326 e. The fraction of sp³-hybridized carbons (Fsp3) is 0.250. The first-order valence-corrected chi connectivity index (χ1v) is 14.6. The average Bonchev–Trinajstić information content (AvgIpc) is 3.43. The molecule has 12 heteroatoms. The number of carbonyl (C=O) groups is 4. The van der Waals surface area contributed by atoms with E-state index in [0.29, 0.717) is 5.56 Å². The van der Waals surface area contributed by atoms with Gasteiger partial charge >= 0.3 is 5.97 Å². The highest BCUT2D eigenvalue weighted by Crippen LogP contribution is 2.19. The van der Waals surface area contributed by atoms with E-state index in [4.69, 9.17) is 5.73 Å². The second-order valence-electron chi connectivity index (χ2n) is 10.4. The molecule has 8 N–H and O–H groups in total. The van der Waals surface area contributed by atoms with E-state index in [9.17, 15) is 29.4 Å². The zero-order chi connectivity index (χ0) is 31.6. The van der Waals surface area contributed by atoms with Crippen LogP contribution in [0.15, 0.2) is 85.1 Å². The lowest BCUT2D eigenvalue weighted by molar-refractivity contribution is -0.142. The number of benzene rings is 3. The van der Waals surface area contributed by atoms with Crippen LogP contribution >= 0.6 is 12.6 Å². The number of aromatic hydroxyl groups is 1. The number of rotatable bonds is 14. The Morgan fingerprint density at radius 2 is 1.32 bits per heavy atom. The standard InChI is InChI=1S/C32H35N5O6S/c33-24(14-20-10-12-22(38)13-11-20)29(39)35-26(15-19-6-2-1-3-7-19)30(40)37-28(18-44)31(41)36-27(32(42)43)16-21-17-34-25-9-5-4-8-23(21)25/h1-13,17,24,26-28,34,38,44H,14-16,18,33H2,(H,35,39)(H,36,41)(H,37,40)(H,42,43). The summed E-state index contributed by atoms with van der Waals surface area (Å²) in [6.07, 6.45) is 2.00. The van der Waals surface area contributed by atoms with Gasteiger partial charge in [-0.3, -0.25) is 14.4 Å². The molecule has 0 spiro atoms. The molecular formula is C32H35N5O6S. The lowest BCUT2D eigenvalue weighted by Gasteiger charge is -2.24. The Morgan fingerprint density at radius 3 is 2.00 bits per heavy atom. The van der Waals surface area contributed by atoms with Gasteiger partial charge in [0.15, 0.2) is 0 Å². The van der Waals surface area contributed by atoms with Gasteiger partial charge in [-0.25, -0.2) is 4.79 Å². The van der Waals surface area contributed by atoms with Crippen LogP contribution in [0, 0.1) is 0 Å². The van der Waals surface area contributed by atoms with Crippen molar-refractivity contribution in [2.45, 2.75) is 43.4 Å². The van der Waals surface area contributed by atoms with Gasteiger partial charge in [0, 0.05) is 35.7 Å². The predicted molar refractivity (Wildman–Crippen MR) is 169 cm³/mol. The van der Waals surface area contributed by atoms with Gasteiger partial charge in [-0.2, -0.15) is 12.6 Å². The van der Waals surface area contributed by atoms with Gasteiger partial charge in [-0.05, 0) is 41.3 Å². The minimum absolute atomic E-state index is 0.0178. The van der Waals surface area contributed by atoms with E-state index in [0.717, 1.165) is 22.0 Å². The Kier molecular flexibility index (Phi) is 11.0. The molecule has 3 aromatic carbocycles. The molecule has 4 aromatic rings. The molecule has 0 aliphatic heterocycles. The number of thiol groups is 1. The number of nitrogens with two attached hydrogens (primary N) is 1. The summed E-state index contributed by atoms with van der Waals surface area (Å²) >= 11 is 4.22. The average molecular weight is 618 g/mol. The quantitative estimate of drug-likeness (QED) is 0.0989. The zero-order valence-corrected chi connectivity index (χ0v) is 24.7. The molecule has 0 fully saturated rings. The Balaban J connectivity index is 1.44. The minimum atomic E-state index is -1.27. The van der Waals surface area contributed by atoms with Gasteiger partial charge in [-0.1, -0.05) is 60.7 Å². The number of phenols is 1. The molecule has 0 saturated heterocycles. The van der Waals surface area contributed by atoms with Crippen LogP contribution in [0.2, 0.25) is 0 Å². The van der Waals surface area contributed by atoms with E-state index < -0.39 is 47.9 Å². The first-order valence-electron chi connectivity index (χ1n) is 14.0. The molecule has 0 radical (unpaired) electrons. The molecule has 1 heterocycles. The van der Waals surface area contributed by atoms with Crippen LogP contribution in [-0.2, 0) is 38.4 Å². The summed E-state index contributed by atoms with van der Waals surface area (Å²) in [7, 11) is 0. The first-order chi connectivity index (χ1) is 21.1. The van der Waals surface area contributed by atoms with E-state index in [2.05, 4.69) is 33.6 Å². The third-order valence-electron chi connectivity index (χ3n) is 7.17. The fourth-order valence-corrected chi connectivity index (χ4v) is 5.03. The topological polar surface area (TPSA) is 187 Å². The van der Waals surface area contributed by atoms with E-state index in [-0.39, 0.29) is 30.8 Å². The van der Waals surface area contributed by atoms with Crippen molar-refractivity contribution in [1.29, 1.82) is 0 Å². The number of aromatic amines is 1. The van der Waals surface area contributed by atoms with Crippen molar-refractivity contribution < 1.29 is 29.4 Å². The molecule has 3 amide bonds. The summed E-state index contributed by atoms with van der Waals surface area (Å²) in [5, 5.41) is 28.0. The monoisotopic (exact) mass is 617 g/mol. The second kappa shape index (κ2) is 15.1. The van der Waals surface area contributed by atoms with E-state index in [1.165, 1.54) is 12.1 Å². The number of para-hydroxylation sites is 1. The molecule has 0 aliphatic rings. The number of carboxylic acids is 1.